The number of rotatable bonds is 6. The predicted octanol–water partition coefficient (Wildman–Crippen LogP) is 2.87. The van der Waals surface area contributed by atoms with Crippen molar-refractivity contribution in [3.05, 3.63) is 48.0 Å². The topological polar surface area (TPSA) is 117 Å². The fraction of sp³-hybridized carbons (Fsp3) is 0.211. The molecule has 152 valence electrons. The van der Waals surface area contributed by atoms with Gasteiger partial charge in [0, 0.05) is 12.6 Å². The third kappa shape index (κ3) is 5.17. The minimum atomic E-state index is -3.82. The van der Waals surface area contributed by atoms with Crippen molar-refractivity contribution in [2.24, 2.45) is 0 Å². The average molecular weight is 433 g/mol. The lowest BCUT2D eigenvalue weighted by Crippen LogP contribution is -2.41. The molecule has 1 aromatic heterocycles. The van der Waals surface area contributed by atoms with E-state index in [0.717, 1.165) is 10.3 Å². The lowest BCUT2D eigenvalue weighted by Gasteiger charge is -2.13. The van der Waals surface area contributed by atoms with E-state index in [1.807, 2.05) is 6.92 Å². The van der Waals surface area contributed by atoms with Crippen LogP contribution in [0, 0.1) is 6.92 Å². The summed E-state index contributed by atoms with van der Waals surface area (Å²) in [5.41, 5.74) is 2.23. The van der Waals surface area contributed by atoms with Gasteiger partial charge < -0.3 is 10.6 Å². The molecular formula is C19H20N4O4S2. The number of hydrogen-bond acceptors (Lipinski definition) is 6. The van der Waals surface area contributed by atoms with Crippen LogP contribution in [0.25, 0.3) is 10.2 Å². The van der Waals surface area contributed by atoms with Crippen molar-refractivity contribution >= 4 is 54.2 Å². The molecule has 0 saturated heterocycles. The van der Waals surface area contributed by atoms with Crippen molar-refractivity contribution in [2.75, 3.05) is 10.6 Å². The lowest BCUT2D eigenvalue weighted by atomic mass is 10.2. The first-order valence-electron chi connectivity index (χ1n) is 8.72. The summed E-state index contributed by atoms with van der Waals surface area (Å²) in [6.07, 6.45) is 0. The lowest BCUT2D eigenvalue weighted by molar-refractivity contribution is -0.117. The molecule has 0 radical (unpaired) electrons. The van der Waals surface area contributed by atoms with E-state index in [2.05, 4.69) is 20.3 Å². The molecule has 0 aliphatic carbocycles. The molecule has 29 heavy (non-hydrogen) atoms. The van der Waals surface area contributed by atoms with Crippen molar-refractivity contribution in [3.63, 3.8) is 0 Å². The van der Waals surface area contributed by atoms with Crippen LogP contribution in [0.15, 0.2) is 47.4 Å². The molecule has 8 nitrogen and oxygen atoms in total. The molecule has 0 unspecified atom stereocenters. The van der Waals surface area contributed by atoms with Gasteiger partial charge in [-0.25, -0.2) is 13.4 Å². The Morgan fingerprint density at radius 3 is 2.41 bits per heavy atom. The molecule has 0 fully saturated rings. The maximum absolute atomic E-state index is 12.4. The Labute approximate surface area is 172 Å². The molecule has 0 bridgehead atoms. The van der Waals surface area contributed by atoms with Gasteiger partial charge in [0.1, 0.15) is 0 Å². The van der Waals surface area contributed by atoms with Gasteiger partial charge in [-0.15, -0.1) is 0 Å². The zero-order valence-corrected chi connectivity index (χ0v) is 17.6. The van der Waals surface area contributed by atoms with Gasteiger partial charge in [-0.3, -0.25) is 9.59 Å². The standard InChI is InChI=1S/C19H20N4O4S2/c1-11-4-7-15(8-5-11)29(26,27)23-12(2)18(25)22-19-21-16-9-6-14(20-13(3)24)10-17(16)28-19/h4-10,12,23H,1-3H3,(H,20,24)(H,21,22,25)/t12-/m1/s1. The van der Waals surface area contributed by atoms with E-state index < -0.39 is 22.0 Å². The first-order valence-corrected chi connectivity index (χ1v) is 11.0. The summed E-state index contributed by atoms with van der Waals surface area (Å²) >= 11 is 1.23. The molecule has 3 N–H and O–H groups in total. The van der Waals surface area contributed by atoms with Crippen LogP contribution in [-0.2, 0) is 19.6 Å². The molecule has 1 heterocycles. The number of aryl methyl sites for hydroxylation is 1. The predicted molar refractivity (Wildman–Crippen MR) is 114 cm³/mol. The maximum atomic E-state index is 12.4. The van der Waals surface area contributed by atoms with E-state index in [1.54, 1.807) is 30.3 Å². The Balaban J connectivity index is 1.70. The van der Waals surface area contributed by atoms with E-state index in [1.165, 1.54) is 37.3 Å². The highest BCUT2D eigenvalue weighted by Crippen LogP contribution is 2.28. The third-order valence-electron chi connectivity index (χ3n) is 4.00. The van der Waals surface area contributed by atoms with Crippen LogP contribution in [0.5, 0.6) is 0 Å². The number of hydrogen-bond donors (Lipinski definition) is 3. The van der Waals surface area contributed by atoms with Gasteiger partial charge in [-0.2, -0.15) is 4.72 Å². The highest BCUT2D eigenvalue weighted by molar-refractivity contribution is 7.89. The van der Waals surface area contributed by atoms with Gasteiger partial charge in [0.15, 0.2) is 5.13 Å². The number of aromatic nitrogens is 1. The normalized spacial score (nSPS) is 12.5. The number of nitrogens with one attached hydrogen (secondary N) is 3. The number of benzene rings is 2. The van der Waals surface area contributed by atoms with Crippen LogP contribution in [0.4, 0.5) is 10.8 Å². The third-order valence-corrected chi connectivity index (χ3v) is 6.49. The number of amides is 2. The Hall–Kier alpha value is -2.82. The zero-order chi connectivity index (χ0) is 21.2. The van der Waals surface area contributed by atoms with Crippen molar-refractivity contribution < 1.29 is 18.0 Å². The van der Waals surface area contributed by atoms with E-state index in [0.29, 0.717) is 16.3 Å². The fourth-order valence-corrected chi connectivity index (χ4v) is 4.66. The number of nitrogens with zero attached hydrogens (tertiary/aromatic N) is 1. The Bertz CT molecular complexity index is 1170. The number of anilines is 2. The Morgan fingerprint density at radius 1 is 1.07 bits per heavy atom. The van der Waals surface area contributed by atoms with Gasteiger partial charge in [-0.05, 0) is 44.2 Å². The molecule has 3 rings (SSSR count). The second kappa shape index (κ2) is 8.27. The second-order valence-corrected chi connectivity index (χ2v) is 9.27. The summed E-state index contributed by atoms with van der Waals surface area (Å²) in [6, 6.07) is 10.6. The van der Waals surface area contributed by atoms with Crippen LogP contribution in [0.1, 0.15) is 19.4 Å². The quantitative estimate of drug-likeness (QED) is 0.554. The molecule has 0 saturated carbocycles. The monoisotopic (exact) mass is 432 g/mol. The summed E-state index contributed by atoms with van der Waals surface area (Å²) in [7, 11) is -3.82. The highest BCUT2D eigenvalue weighted by Gasteiger charge is 2.22. The van der Waals surface area contributed by atoms with Gasteiger partial charge in [0.2, 0.25) is 21.8 Å². The number of sulfonamides is 1. The first-order chi connectivity index (χ1) is 13.6. The van der Waals surface area contributed by atoms with E-state index in [9.17, 15) is 18.0 Å². The van der Waals surface area contributed by atoms with E-state index >= 15 is 0 Å². The average Bonchev–Trinajstić information content (AvgIpc) is 3.02. The van der Waals surface area contributed by atoms with Crippen molar-refractivity contribution in [1.29, 1.82) is 0 Å². The number of fused-ring (bicyclic) bond motifs is 1. The molecule has 2 amide bonds. The summed E-state index contributed by atoms with van der Waals surface area (Å²) in [5, 5.41) is 5.65. The van der Waals surface area contributed by atoms with Crippen LogP contribution in [0.3, 0.4) is 0 Å². The Kier molecular flexibility index (Phi) is 5.96. The molecule has 0 spiro atoms. The second-order valence-electron chi connectivity index (χ2n) is 6.53. The largest absolute Gasteiger partial charge is 0.326 e. The summed E-state index contributed by atoms with van der Waals surface area (Å²) in [4.78, 5) is 28.0. The molecular weight excluding hydrogens is 412 g/mol. The van der Waals surface area contributed by atoms with Gasteiger partial charge in [0.25, 0.3) is 0 Å². The number of carbonyl (C=O) groups excluding carboxylic acids is 2. The summed E-state index contributed by atoms with van der Waals surface area (Å²) in [6.45, 7) is 4.74. The maximum Gasteiger partial charge on any atom is 0.244 e. The van der Waals surface area contributed by atoms with Crippen molar-refractivity contribution in [2.45, 2.75) is 31.7 Å². The molecule has 0 aliphatic rings. The van der Waals surface area contributed by atoms with Gasteiger partial charge in [0.05, 0.1) is 21.2 Å². The smallest absolute Gasteiger partial charge is 0.244 e. The van der Waals surface area contributed by atoms with E-state index in [-0.39, 0.29) is 10.8 Å². The highest BCUT2D eigenvalue weighted by atomic mass is 32.2. The van der Waals surface area contributed by atoms with Gasteiger partial charge in [-0.1, -0.05) is 29.0 Å². The van der Waals surface area contributed by atoms with Crippen LogP contribution >= 0.6 is 11.3 Å². The molecule has 3 aromatic rings. The molecule has 2 aromatic carbocycles. The molecule has 10 heteroatoms. The minimum absolute atomic E-state index is 0.0910. The van der Waals surface area contributed by atoms with Gasteiger partial charge >= 0.3 is 0 Å². The SMILES string of the molecule is CC(=O)Nc1ccc2nc(NC(=O)[C@@H](C)NS(=O)(=O)c3ccc(C)cc3)sc2c1. The van der Waals surface area contributed by atoms with Crippen molar-refractivity contribution in [3.8, 4) is 0 Å². The fourth-order valence-electron chi connectivity index (χ4n) is 2.54. The van der Waals surface area contributed by atoms with Crippen LogP contribution < -0.4 is 15.4 Å². The number of carbonyl (C=O) groups is 2. The Morgan fingerprint density at radius 2 is 1.76 bits per heavy atom. The van der Waals surface area contributed by atoms with Crippen LogP contribution in [-0.4, -0.2) is 31.3 Å². The van der Waals surface area contributed by atoms with Crippen molar-refractivity contribution in [1.82, 2.24) is 9.71 Å². The summed E-state index contributed by atoms with van der Waals surface area (Å²) in [5.74, 6) is -0.709. The molecule has 1 atom stereocenters. The van der Waals surface area contributed by atoms with Crippen LogP contribution in [0.2, 0.25) is 0 Å². The minimum Gasteiger partial charge on any atom is -0.326 e. The molecule has 0 aliphatic heterocycles. The summed E-state index contributed by atoms with van der Waals surface area (Å²) < 4.78 is 28.0. The number of thiazole rings is 1. The van der Waals surface area contributed by atoms with E-state index in [4.69, 9.17) is 0 Å². The first kappa shape index (κ1) is 20.9. The zero-order valence-electron chi connectivity index (χ0n) is 16.0.